The molecule has 0 unspecified atom stereocenters. The van der Waals surface area contributed by atoms with E-state index >= 15 is 0 Å². The third kappa shape index (κ3) is 6.68. The van der Waals surface area contributed by atoms with Gasteiger partial charge in [0.1, 0.15) is 5.60 Å². The second-order valence-electron chi connectivity index (χ2n) is 9.44. The fraction of sp³-hybridized carbons (Fsp3) is 0.480. The fourth-order valence-electron chi connectivity index (χ4n) is 3.58. The summed E-state index contributed by atoms with van der Waals surface area (Å²) in [6.07, 6.45) is 0.466. The smallest absolute Gasteiger partial charge is 0.407 e. The summed E-state index contributed by atoms with van der Waals surface area (Å²) in [5, 5.41) is 12.3. The normalized spacial score (nSPS) is 11.9. The first kappa shape index (κ1) is 25.0. The van der Waals surface area contributed by atoms with Gasteiger partial charge in [-0.05, 0) is 72.2 Å². The number of pyridine rings is 1. The van der Waals surface area contributed by atoms with Crippen LogP contribution in [0.5, 0.6) is 0 Å². The number of ether oxygens (including phenoxy) is 1. The fourth-order valence-corrected chi connectivity index (χ4v) is 3.90. The van der Waals surface area contributed by atoms with Crippen LogP contribution >= 0.6 is 11.6 Å². The number of aromatic nitrogens is 3. The number of alkyl carbamates (subject to hydrolysis) is 1. The number of carbonyl (C=O) groups excluding carboxylic acids is 1. The van der Waals surface area contributed by atoms with E-state index in [0.29, 0.717) is 18.1 Å². The highest BCUT2D eigenvalue weighted by molar-refractivity contribution is 6.35. The van der Waals surface area contributed by atoms with Crippen molar-refractivity contribution >= 4 is 28.7 Å². The van der Waals surface area contributed by atoms with Gasteiger partial charge in [0.05, 0.1) is 21.8 Å². The minimum absolute atomic E-state index is 0.197. The molecule has 0 aliphatic rings. The SMILES string of the molecule is Cc1nn(C(C)C)c2nc(-c3cccc(CCNCCNC(=O)OC(C)(C)C)c3)cc(Cl)c12. The Morgan fingerprint density at radius 1 is 1.18 bits per heavy atom. The van der Waals surface area contributed by atoms with Crippen LogP contribution in [0.2, 0.25) is 5.02 Å². The quantitative estimate of drug-likeness (QED) is 0.436. The third-order valence-corrected chi connectivity index (χ3v) is 5.36. The lowest BCUT2D eigenvalue weighted by atomic mass is 10.0. The Balaban J connectivity index is 1.61. The summed E-state index contributed by atoms with van der Waals surface area (Å²) in [6, 6.07) is 10.5. The Hall–Kier alpha value is -2.64. The van der Waals surface area contributed by atoms with Crippen molar-refractivity contribution in [2.45, 2.75) is 59.6 Å². The average molecular weight is 472 g/mol. The minimum Gasteiger partial charge on any atom is -0.444 e. The first-order valence-corrected chi connectivity index (χ1v) is 11.7. The van der Waals surface area contributed by atoms with Gasteiger partial charge in [-0.1, -0.05) is 29.8 Å². The number of halogens is 1. The van der Waals surface area contributed by atoms with E-state index in [1.807, 2.05) is 44.5 Å². The molecular weight excluding hydrogens is 438 g/mol. The van der Waals surface area contributed by atoms with Gasteiger partial charge in [-0.15, -0.1) is 0 Å². The molecule has 1 amide bonds. The monoisotopic (exact) mass is 471 g/mol. The molecule has 0 bridgehead atoms. The van der Waals surface area contributed by atoms with Gasteiger partial charge in [-0.2, -0.15) is 5.10 Å². The zero-order chi connectivity index (χ0) is 24.2. The minimum atomic E-state index is -0.487. The lowest BCUT2D eigenvalue weighted by molar-refractivity contribution is 0.0528. The number of aryl methyl sites for hydroxylation is 1. The number of amides is 1. The van der Waals surface area contributed by atoms with E-state index in [0.717, 1.165) is 41.0 Å². The molecule has 0 aliphatic carbocycles. The molecule has 0 radical (unpaired) electrons. The van der Waals surface area contributed by atoms with E-state index in [1.54, 1.807) is 0 Å². The van der Waals surface area contributed by atoms with E-state index in [1.165, 1.54) is 5.56 Å². The maximum Gasteiger partial charge on any atom is 0.407 e. The summed E-state index contributed by atoms with van der Waals surface area (Å²) in [7, 11) is 0. The van der Waals surface area contributed by atoms with Crippen LogP contribution < -0.4 is 10.6 Å². The second-order valence-corrected chi connectivity index (χ2v) is 9.85. The van der Waals surface area contributed by atoms with Crippen molar-refractivity contribution in [3.05, 3.63) is 46.6 Å². The molecule has 0 aliphatic heterocycles. The lowest BCUT2D eigenvalue weighted by Crippen LogP contribution is -2.36. The topological polar surface area (TPSA) is 81.1 Å². The molecule has 3 rings (SSSR count). The van der Waals surface area contributed by atoms with Crippen molar-refractivity contribution in [3.63, 3.8) is 0 Å². The van der Waals surface area contributed by atoms with Crippen molar-refractivity contribution < 1.29 is 9.53 Å². The number of nitrogens with zero attached hydrogens (tertiary/aromatic N) is 3. The number of benzene rings is 1. The molecule has 2 N–H and O–H groups in total. The Morgan fingerprint density at radius 3 is 2.64 bits per heavy atom. The van der Waals surface area contributed by atoms with Gasteiger partial charge in [-0.25, -0.2) is 14.5 Å². The summed E-state index contributed by atoms with van der Waals surface area (Å²) >= 11 is 6.62. The number of nitrogens with one attached hydrogen (secondary N) is 2. The number of hydrogen-bond donors (Lipinski definition) is 2. The third-order valence-electron chi connectivity index (χ3n) is 5.06. The average Bonchev–Trinajstić information content (AvgIpc) is 3.07. The summed E-state index contributed by atoms with van der Waals surface area (Å²) < 4.78 is 7.16. The van der Waals surface area contributed by atoms with Crippen LogP contribution in [0.15, 0.2) is 30.3 Å². The predicted molar refractivity (Wildman–Crippen MR) is 134 cm³/mol. The molecule has 3 aromatic rings. The van der Waals surface area contributed by atoms with Crippen LogP contribution in [-0.2, 0) is 11.2 Å². The first-order valence-electron chi connectivity index (χ1n) is 11.4. The molecule has 2 heterocycles. The highest BCUT2D eigenvalue weighted by Gasteiger charge is 2.17. The van der Waals surface area contributed by atoms with Gasteiger partial charge in [0.15, 0.2) is 5.65 Å². The maximum atomic E-state index is 11.7. The van der Waals surface area contributed by atoms with Crippen molar-refractivity contribution in [3.8, 4) is 11.3 Å². The molecule has 178 valence electrons. The van der Waals surface area contributed by atoms with E-state index in [9.17, 15) is 4.79 Å². The molecule has 0 spiro atoms. The van der Waals surface area contributed by atoms with E-state index < -0.39 is 11.7 Å². The maximum absolute atomic E-state index is 11.7. The first-order chi connectivity index (χ1) is 15.5. The standard InChI is InChI=1S/C25H34ClN5O2/c1-16(2)31-23-22(17(3)30-31)20(26)15-21(29-23)19-9-7-8-18(14-19)10-11-27-12-13-28-24(32)33-25(4,5)6/h7-9,14-16,27H,10-13H2,1-6H3,(H,28,32). The van der Waals surface area contributed by atoms with Crippen molar-refractivity contribution in [1.29, 1.82) is 0 Å². The van der Waals surface area contributed by atoms with Crippen LogP contribution in [0.4, 0.5) is 4.79 Å². The van der Waals surface area contributed by atoms with E-state index in [-0.39, 0.29) is 6.04 Å². The van der Waals surface area contributed by atoms with Gasteiger partial charge in [-0.3, -0.25) is 0 Å². The molecule has 0 atom stereocenters. The van der Waals surface area contributed by atoms with Crippen molar-refractivity contribution in [1.82, 2.24) is 25.4 Å². The van der Waals surface area contributed by atoms with Gasteiger partial charge < -0.3 is 15.4 Å². The highest BCUT2D eigenvalue weighted by Crippen LogP contribution is 2.31. The number of fused-ring (bicyclic) bond motifs is 1. The molecule has 0 saturated carbocycles. The molecular formula is C25H34ClN5O2. The summed E-state index contributed by atoms with van der Waals surface area (Å²) in [4.78, 5) is 16.6. The largest absolute Gasteiger partial charge is 0.444 e. The van der Waals surface area contributed by atoms with Crippen LogP contribution in [0.3, 0.4) is 0 Å². The van der Waals surface area contributed by atoms with E-state index in [2.05, 4.69) is 47.8 Å². The van der Waals surface area contributed by atoms with Crippen LogP contribution in [0.25, 0.3) is 22.3 Å². The predicted octanol–water partition coefficient (Wildman–Crippen LogP) is 5.30. The Morgan fingerprint density at radius 2 is 1.94 bits per heavy atom. The number of carbonyl (C=O) groups is 1. The molecule has 0 fully saturated rings. The zero-order valence-corrected chi connectivity index (χ0v) is 21.1. The lowest BCUT2D eigenvalue weighted by Gasteiger charge is -2.19. The molecule has 0 saturated heterocycles. The highest BCUT2D eigenvalue weighted by atomic mass is 35.5. The summed E-state index contributed by atoms with van der Waals surface area (Å²) in [5.74, 6) is 0. The Kier molecular flexibility index (Phi) is 7.97. The Bertz CT molecular complexity index is 1120. The van der Waals surface area contributed by atoms with E-state index in [4.69, 9.17) is 21.3 Å². The van der Waals surface area contributed by atoms with Crippen LogP contribution in [0, 0.1) is 6.92 Å². The second kappa shape index (κ2) is 10.5. The zero-order valence-electron chi connectivity index (χ0n) is 20.3. The molecule has 7 nitrogen and oxygen atoms in total. The summed E-state index contributed by atoms with van der Waals surface area (Å²) in [6.45, 7) is 13.7. The molecule has 33 heavy (non-hydrogen) atoms. The van der Waals surface area contributed by atoms with Gasteiger partial charge in [0, 0.05) is 24.7 Å². The van der Waals surface area contributed by atoms with Crippen LogP contribution in [0.1, 0.15) is 51.9 Å². The van der Waals surface area contributed by atoms with Gasteiger partial charge in [0.25, 0.3) is 0 Å². The Labute approximate surface area is 200 Å². The van der Waals surface area contributed by atoms with Gasteiger partial charge in [0.2, 0.25) is 0 Å². The van der Waals surface area contributed by atoms with Crippen LogP contribution in [-0.4, -0.2) is 46.1 Å². The van der Waals surface area contributed by atoms with Gasteiger partial charge >= 0.3 is 6.09 Å². The number of rotatable bonds is 8. The molecule has 8 heteroatoms. The molecule has 2 aromatic heterocycles. The number of hydrogen-bond acceptors (Lipinski definition) is 5. The molecule has 1 aromatic carbocycles. The van der Waals surface area contributed by atoms with Crippen molar-refractivity contribution in [2.24, 2.45) is 0 Å². The van der Waals surface area contributed by atoms with Crippen molar-refractivity contribution in [2.75, 3.05) is 19.6 Å². The summed E-state index contributed by atoms with van der Waals surface area (Å²) in [5.41, 5.74) is 4.28.